The number of nitrogens with one attached hydrogen (secondary N) is 2. The lowest BCUT2D eigenvalue weighted by molar-refractivity contribution is 0.0832. The third-order valence-electron chi connectivity index (χ3n) is 5.89. The van der Waals surface area contributed by atoms with Crippen LogP contribution in [0.1, 0.15) is 49.1 Å². The summed E-state index contributed by atoms with van der Waals surface area (Å²) in [6.45, 7) is 9.03. The average molecular weight is 317 g/mol. The standard InChI is InChI=1S/C17H23N3OS/c1-8-11-5-10(7-17(11,3)4)14(8)20-16(21)12-6-13-15(19-12)18-9(2)22-13/h6,8,10-11,14,19H,5,7H2,1-4H3,(H,20,21)/t8-,10?,11-,14+/m0/s1. The minimum absolute atomic E-state index is 0.0186. The van der Waals surface area contributed by atoms with Gasteiger partial charge in [0, 0.05) is 6.04 Å². The van der Waals surface area contributed by atoms with Crippen LogP contribution < -0.4 is 5.32 Å². The maximum absolute atomic E-state index is 12.6. The van der Waals surface area contributed by atoms with Gasteiger partial charge >= 0.3 is 0 Å². The van der Waals surface area contributed by atoms with E-state index in [1.165, 1.54) is 12.8 Å². The number of rotatable bonds is 2. The Morgan fingerprint density at radius 3 is 2.91 bits per heavy atom. The van der Waals surface area contributed by atoms with Gasteiger partial charge in [0.15, 0.2) is 0 Å². The predicted molar refractivity (Wildman–Crippen MR) is 89.1 cm³/mol. The Hall–Kier alpha value is -1.36. The number of hydrogen-bond acceptors (Lipinski definition) is 3. The maximum atomic E-state index is 12.6. The lowest BCUT2D eigenvalue weighted by Crippen LogP contribution is -2.46. The number of thiazole rings is 1. The number of aromatic nitrogens is 2. The molecule has 4 rings (SSSR count). The van der Waals surface area contributed by atoms with Crippen molar-refractivity contribution in [3.63, 3.8) is 0 Å². The highest BCUT2D eigenvalue weighted by molar-refractivity contribution is 7.18. The van der Waals surface area contributed by atoms with Crippen LogP contribution in [0.25, 0.3) is 10.3 Å². The van der Waals surface area contributed by atoms with Gasteiger partial charge in [0.2, 0.25) is 0 Å². The van der Waals surface area contributed by atoms with Gasteiger partial charge in [0.25, 0.3) is 5.91 Å². The zero-order valence-electron chi connectivity index (χ0n) is 13.6. The number of hydrogen-bond donors (Lipinski definition) is 2. The Morgan fingerprint density at radius 1 is 1.50 bits per heavy atom. The number of carbonyl (C=O) groups is 1. The quantitative estimate of drug-likeness (QED) is 0.886. The van der Waals surface area contributed by atoms with Gasteiger partial charge in [0.1, 0.15) is 11.3 Å². The molecule has 0 aliphatic heterocycles. The predicted octanol–water partition coefficient (Wildman–Crippen LogP) is 3.73. The Labute approximate surface area is 134 Å². The van der Waals surface area contributed by atoms with Gasteiger partial charge in [-0.15, -0.1) is 11.3 Å². The van der Waals surface area contributed by atoms with Crippen LogP contribution in [0.2, 0.25) is 0 Å². The van der Waals surface area contributed by atoms with E-state index in [2.05, 4.69) is 36.1 Å². The largest absolute Gasteiger partial charge is 0.347 e. The van der Waals surface area contributed by atoms with E-state index in [1.54, 1.807) is 11.3 Å². The van der Waals surface area contributed by atoms with Crippen molar-refractivity contribution in [2.45, 2.75) is 46.6 Å². The van der Waals surface area contributed by atoms with Crippen LogP contribution in [0, 0.1) is 30.1 Å². The molecule has 4 nitrogen and oxygen atoms in total. The normalized spacial score (nSPS) is 32.7. The Kier molecular flexibility index (Phi) is 2.96. The molecule has 2 aromatic heterocycles. The monoisotopic (exact) mass is 317 g/mol. The molecule has 2 fully saturated rings. The molecule has 0 saturated heterocycles. The molecule has 0 aromatic carbocycles. The molecule has 2 aromatic rings. The smallest absolute Gasteiger partial charge is 0.268 e. The van der Waals surface area contributed by atoms with Crippen molar-refractivity contribution in [3.8, 4) is 0 Å². The fourth-order valence-electron chi connectivity index (χ4n) is 4.96. The van der Waals surface area contributed by atoms with Crippen LogP contribution in [-0.4, -0.2) is 21.9 Å². The van der Waals surface area contributed by atoms with Gasteiger partial charge in [-0.2, -0.15) is 0 Å². The maximum Gasteiger partial charge on any atom is 0.268 e. The molecule has 1 unspecified atom stereocenters. The molecule has 0 spiro atoms. The molecule has 0 radical (unpaired) electrons. The summed E-state index contributed by atoms with van der Waals surface area (Å²) in [5, 5.41) is 4.31. The number of fused-ring (bicyclic) bond motifs is 3. The third kappa shape index (κ3) is 2.02. The van der Waals surface area contributed by atoms with Crippen molar-refractivity contribution in [1.82, 2.24) is 15.3 Å². The first-order chi connectivity index (χ1) is 10.3. The van der Waals surface area contributed by atoms with E-state index in [9.17, 15) is 4.79 Å². The molecule has 1 amide bonds. The van der Waals surface area contributed by atoms with E-state index in [-0.39, 0.29) is 5.91 Å². The van der Waals surface area contributed by atoms with Crippen molar-refractivity contribution >= 4 is 27.6 Å². The third-order valence-corrected chi connectivity index (χ3v) is 6.81. The molecular formula is C17H23N3OS. The van der Waals surface area contributed by atoms with Gasteiger partial charge in [-0.1, -0.05) is 20.8 Å². The second-order valence-electron chi connectivity index (χ2n) is 7.78. The average Bonchev–Trinajstić information content (AvgIpc) is 3.09. The summed E-state index contributed by atoms with van der Waals surface area (Å²) in [6.07, 6.45) is 2.49. The minimum Gasteiger partial charge on any atom is -0.347 e. The summed E-state index contributed by atoms with van der Waals surface area (Å²) in [6, 6.07) is 2.25. The van der Waals surface area contributed by atoms with Crippen molar-refractivity contribution in [1.29, 1.82) is 0 Å². The van der Waals surface area contributed by atoms with Crippen molar-refractivity contribution in [2.24, 2.45) is 23.2 Å². The number of H-pyrrole nitrogens is 1. The van der Waals surface area contributed by atoms with Gasteiger partial charge < -0.3 is 10.3 Å². The second kappa shape index (κ2) is 4.57. The first kappa shape index (κ1) is 14.2. The number of carbonyl (C=O) groups excluding carboxylic acids is 1. The molecule has 2 N–H and O–H groups in total. The van der Waals surface area contributed by atoms with Crippen LogP contribution >= 0.6 is 11.3 Å². The minimum atomic E-state index is 0.0186. The van der Waals surface area contributed by atoms with Crippen molar-refractivity contribution in [3.05, 3.63) is 16.8 Å². The van der Waals surface area contributed by atoms with Gasteiger partial charge in [0.05, 0.1) is 9.71 Å². The Balaban J connectivity index is 1.52. The van der Waals surface area contributed by atoms with Crippen LogP contribution in [-0.2, 0) is 0 Å². The van der Waals surface area contributed by atoms with E-state index in [0.717, 1.165) is 21.3 Å². The number of nitrogens with zero attached hydrogens (tertiary/aromatic N) is 1. The molecular weight excluding hydrogens is 294 g/mol. The summed E-state index contributed by atoms with van der Waals surface area (Å²) < 4.78 is 1.06. The fourth-order valence-corrected chi connectivity index (χ4v) is 5.79. The highest BCUT2D eigenvalue weighted by atomic mass is 32.1. The molecule has 22 heavy (non-hydrogen) atoms. The van der Waals surface area contributed by atoms with E-state index >= 15 is 0 Å². The van der Waals surface area contributed by atoms with Crippen molar-refractivity contribution < 1.29 is 4.79 Å². The highest BCUT2D eigenvalue weighted by Crippen LogP contribution is 2.58. The Morgan fingerprint density at radius 2 is 2.27 bits per heavy atom. The van der Waals surface area contributed by atoms with Gasteiger partial charge in [-0.25, -0.2) is 4.98 Å². The molecule has 2 aliphatic carbocycles. The number of amides is 1. The molecule has 5 heteroatoms. The van der Waals surface area contributed by atoms with Gasteiger partial charge in [-0.3, -0.25) is 4.79 Å². The molecule has 2 heterocycles. The van der Waals surface area contributed by atoms with Crippen LogP contribution in [0.5, 0.6) is 0 Å². The zero-order valence-corrected chi connectivity index (χ0v) is 14.4. The number of aromatic amines is 1. The van der Waals surface area contributed by atoms with E-state index in [0.29, 0.717) is 29.0 Å². The first-order valence-electron chi connectivity index (χ1n) is 8.12. The lowest BCUT2D eigenvalue weighted by atomic mass is 9.70. The van der Waals surface area contributed by atoms with E-state index < -0.39 is 0 Å². The number of aryl methyl sites for hydroxylation is 1. The SMILES string of the molecule is Cc1nc2[nH]c(C(=O)N[C@H]3C4C[C@@H]([C@@H]3C)C(C)(C)C4)cc2s1. The fraction of sp³-hybridized carbons (Fsp3) is 0.647. The lowest BCUT2D eigenvalue weighted by Gasteiger charge is -2.39. The van der Waals surface area contributed by atoms with Gasteiger partial charge in [-0.05, 0) is 49.0 Å². The summed E-state index contributed by atoms with van der Waals surface area (Å²) in [7, 11) is 0. The molecule has 118 valence electrons. The highest BCUT2D eigenvalue weighted by Gasteiger charge is 2.54. The molecule has 2 saturated carbocycles. The first-order valence-corrected chi connectivity index (χ1v) is 8.94. The summed E-state index contributed by atoms with van der Waals surface area (Å²) in [5.41, 5.74) is 1.90. The van der Waals surface area contributed by atoms with E-state index in [4.69, 9.17) is 0 Å². The molecule has 2 bridgehead atoms. The summed E-state index contributed by atoms with van der Waals surface area (Å²) >= 11 is 1.62. The summed E-state index contributed by atoms with van der Waals surface area (Å²) in [5.74, 6) is 1.95. The molecule has 4 atom stereocenters. The van der Waals surface area contributed by atoms with Crippen LogP contribution in [0.3, 0.4) is 0 Å². The Bertz CT molecular complexity index is 711. The molecule has 2 aliphatic rings. The zero-order chi connectivity index (χ0) is 15.6. The second-order valence-corrected chi connectivity index (χ2v) is 9.02. The van der Waals surface area contributed by atoms with Crippen molar-refractivity contribution in [2.75, 3.05) is 0 Å². The topological polar surface area (TPSA) is 57.8 Å². The van der Waals surface area contributed by atoms with Crippen LogP contribution in [0.15, 0.2) is 6.07 Å². The summed E-state index contributed by atoms with van der Waals surface area (Å²) in [4.78, 5) is 20.1. The van der Waals surface area contributed by atoms with Crippen LogP contribution in [0.4, 0.5) is 0 Å². The van der Waals surface area contributed by atoms with E-state index in [1.807, 2.05) is 13.0 Å².